The molecule has 0 heterocycles. The Morgan fingerprint density at radius 1 is 0.333 bits per heavy atom. The molecule has 0 saturated heterocycles. The van der Waals surface area contributed by atoms with Crippen LogP contribution >= 0.6 is 0 Å². The smallest absolute Gasteiger partial charge is 0.0159 e. The molecule has 0 unspecified atom stereocenters. The number of hydrogen-bond acceptors (Lipinski definition) is 0. The molecule has 10 rings (SSSR count). The highest BCUT2D eigenvalue weighted by atomic mass is 14.4. The number of rotatable bonds is 2. The summed E-state index contributed by atoms with van der Waals surface area (Å²) in [5.74, 6) is 0. The van der Waals surface area contributed by atoms with Gasteiger partial charge in [-0.05, 0) is 104 Å². The van der Waals surface area contributed by atoms with Gasteiger partial charge in [0.25, 0.3) is 0 Å². The minimum Gasteiger partial charge on any atom is -0.0613 e. The van der Waals surface area contributed by atoms with Crippen molar-refractivity contribution < 1.29 is 0 Å². The van der Waals surface area contributed by atoms with Crippen LogP contribution < -0.4 is 0 Å². The molecule has 210 valence electrons. The molecule has 0 amide bonds. The van der Waals surface area contributed by atoms with E-state index < -0.39 is 0 Å². The molecular weight excluding hydrogens is 540 g/mol. The monoisotopic (exact) mass is 570 g/mol. The van der Waals surface area contributed by atoms with Crippen LogP contribution in [-0.2, 0) is 5.41 Å². The Morgan fingerprint density at radius 2 is 0.889 bits per heavy atom. The second kappa shape index (κ2) is 8.80. The van der Waals surface area contributed by atoms with Gasteiger partial charge >= 0.3 is 0 Å². The van der Waals surface area contributed by atoms with E-state index in [-0.39, 0.29) is 5.41 Å². The van der Waals surface area contributed by atoms with Crippen LogP contribution in [0.4, 0.5) is 0 Å². The molecule has 0 atom stereocenters. The predicted octanol–water partition coefficient (Wildman–Crippen LogP) is 12.5. The highest BCUT2D eigenvalue weighted by Gasteiger charge is 2.33. The lowest BCUT2D eigenvalue weighted by molar-refractivity contribution is 0.645. The second-order valence-electron chi connectivity index (χ2n) is 13.3. The molecule has 0 nitrogen and oxygen atoms in total. The van der Waals surface area contributed by atoms with E-state index in [1.54, 1.807) is 0 Å². The van der Waals surface area contributed by atoms with Gasteiger partial charge in [0.05, 0.1) is 0 Å². The van der Waals surface area contributed by atoms with Crippen molar-refractivity contribution in [3.63, 3.8) is 0 Å². The number of hydrogen-bond donors (Lipinski definition) is 0. The third kappa shape index (κ3) is 3.32. The molecule has 45 heavy (non-hydrogen) atoms. The Hall–Kier alpha value is -5.46. The lowest BCUT2D eigenvalue weighted by atomic mass is 9.68. The van der Waals surface area contributed by atoms with Crippen molar-refractivity contribution in [2.24, 2.45) is 0 Å². The molecule has 0 bridgehead atoms. The van der Waals surface area contributed by atoms with Crippen LogP contribution in [0, 0.1) is 0 Å². The molecule has 0 spiro atoms. The van der Waals surface area contributed by atoms with E-state index in [1.165, 1.54) is 98.4 Å². The van der Waals surface area contributed by atoms with Gasteiger partial charge in [-0.1, -0.05) is 153 Å². The quantitative estimate of drug-likeness (QED) is 0.181. The molecule has 0 saturated carbocycles. The third-order valence-electron chi connectivity index (χ3n) is 10.6. The van der Waals surface area contributed by atoms with E-state index in [9.17, 15) is 0 Å². The Bertz CT molecular complexity index is 2650. The lowest BCUT2D eigenvalue weighted by Crippen LogP contribution is -2.23. The minimum atomic E-state index is -0.0668. The van der Waals surface area contributed by atoms with E-state index in [2.05, 4.69) is 159 Å². The molecule has 0 aliphatic heterocycles. The predicted molar refractivity (Wildman–Crippen MR) is 194 cm³/mol. The van der Waals surface area contributed by atoms with Gasteiger partial charge in [-0.15, -0.1) is 0 Å². The zero-order chi connectivity index (χ0) is 29.9. The van der Waals surface area contributed by atoms with Gasteiger partial charge in [0.1, 0.15) is 0 Å². The zero-order valence-corrected chi connectivity index (χ0v) is 25.4. The largest absolute Gasteiger partial charge is 0.0613 e. The van der Waals surface area contributed by atoms with Gasteiger partial charge in [0.15, 0.2) is 0 Å². The minimum absolute atomic E-state index is 0.0668. The molecule has 1 aliphatic carbocycles. The van der Waals surface area contributed by atoms with Gasteiger partial charge in [-0.25, -0.2) is 0 Å². The summed E-state index contributed by atoms with van der Waals surface area (Å²) in [7, 11) is 0. The normalized spacial score (nSPS) is 13.7. The maximum atomic E-state index is 2.44. The van der Waals surface area contributed by atoms with Crippen molar-refractivity contribution >= 4 is 53.9 Å². The summed E-state index contributed by atoms with van der Waals surface area (Å²) >= 11 is 0. The second-order valence-corrected chi connectivity index (χ2v) is 13.3. The third-order valence-corrected chi connectivity index (χ3v) is 10.6. The SMILES string of the molecule is CC1(C)c2ccc(-c3cccc4c(-c5ccc6ccc7cccc8ccc5c6c78)cccc34)cc2-c2cccc3cccc1c23. The van der Waals surface area contributed by atoms with E-state index in [0.717, 1.165) is 0 Å². The Labute approximate surface area is 262 Å². The maximum absolute atomic E-state index is 2.44. The molecule has 0 heteroatoms. The van der Waals surface area contributed by atoms with Crippen LogP contribution in [-0.4, -0.2) is 0 Å². The highest BCUT2D eigenvalue weighted by molar-refractivity contribution is 6.26. The number of fused-ring (bicyclic) bond motifs is 3. The van der Waals surface area contributed by atoms with Crippen LogP contribution in [0.1, 0.15) is 25.0 Å². The average molecular weight is 571 g/mol. The highest BCUT2D eigenvalue weighted by Crippen LogP contribution is 2.50. The van der Waals surface area contributed by atoms with E-state index in [1.807, 2.05) is 0 Å². The van der Waals surface area contributed by atoms with E-state index in [0.29, 0.717) is 0 Å². The van der Waals surface area contributed by atoms with Gasteiger partial charge in [-0.2, -0.15) is 0 Å². The topological polar surface area (TPSA) is 0 Å². The fourth-order valence-corrected chi connectivity index (χ4v) is 8.48. The summed E-state index contributed by atoms with van der Waals surface area (Å²) < 4.78 is 0. The summed E-state index contributed by atoms with van der Waals surface area (Å²) in [5.41, 5.74) is 10.5. The van der Waals surface area contributed by atoms with Crippen molar-refractivity contribution in [1.29, 1.82) is 0 Å². The summed E-state index contributed by atoms with van der Waals surface area (Å²) in [6.07, 6.45) is 0. The molecule has 0 fully saturated rings. The van der Waals surface area contributed by atoms with Gasteiger partial charge in [0, 0.05) is 5.41 Å². The van der Waals surface area contributed by atoms with Crippen LogP contribution in [0.3, 0.4) is 0 Å². The molecule has 0 aromatic heterocycles. The first kappa shape index (κ1) is 24.9. The fraction of sp³-hybridized carbons (Fsp3) is 0.0667. The van der Waals surface area contributed by atoms with Crippen LogP contribution in [0.15, 0.2) is 146 Å². The maximum Gasteiger partial charge on any atom is 0.0159 e. The summed E-state index contributed by atoms with van der Waals surface area (Å²) in [6.45, 7) is 4.74. The van der Waals surface area contributed by atoms with Crippen molar-refractivity contribution in [3.05, 3.63) is 157 Å². The summed E-state index contributed by atoms with van der Waals surface area (Å²) in [5, 5.41) is 13.2. The van der Waals surface area contributed by atoms with Crippen molar-refractivity contribution in [2.45, 2.75) is 19.3 Å². The standard InChI is InChI=1S/C45H30/c1-45(2)40-25-22-31(26-39(40)37-16-4-10-27-11-5-17-41(45)43(27)37)32-12-6-14-34-33(32)13-7-15-35(34)36-23-20-30-19-18-28-8-3-9-29-21-24-38(36)44(30)42(28)29/h3-26H,1-2H3. The Balaban J connectivity index is 1.20. The fourth-order valence-electron chi connectivity index (χ4n) is 8.48. The summed E-state index contributed by atoms with van der Waals surface area (Å²) in [6, 6.07) is 54.7. The van der Waals surface area contributed by atoms with Gasteiger partial charge in [0.2, 0.25) is 0 Å². The van der Waals surface area contributed by atoms with Crippen LogP contribution in [0.5, 0.6) is 0 Å². The molecule has 9 aromatic rings. The summed E-state index contributed by atoms with van der Waals surface area (Å²) in [4.78, 5) is 0. The molecule has 9 aromatic carbocycles. The van der Waals surface area contributed by atoms with E-state index >= 15 is 0 Å². The zero-order valence-electron chi connectivity index (χ0n) is 25.4. The Morgan fingerprint density at radius 3 is 1.69 bits per heavy atom. The number of benzene rings is 9. The van der Waals surface area contributed by atoms with Crippen molar-refractivity contribution in [2.75, 3.05) is 0 Å². The van der Waals surface area contributed by atoms with Crippen molar-refractivity contribution in [1.82, 2.24) is 0 Å². The van der Waals surface area contributed by atoms with E-state index in [4.69, 9.17) is 0 Å². The van der Waals surface area contributed by atoms with Gasteiger partial charge in [-0.3, -0.25) is 0 Å². The first-order valence-corrected chi connectivity index (χ1v) is 15.9. The average Bonchev–Trinajstić information content (AvgIpc) is 3.09. The van der Waals surface area contributed by atoms with Crippen molar-refractivity contribution in [3.8, 4) is 33.4 Å². The molecular formula is C45H30. The molecule has 0 radical (unpaired) electrons. The molecule has 1 aliphatic rings. The lowest BCUT2D eigenvalue weighted by Gasteiger charge is -2.35. The first-order chi connectivity index (χ1) is 22.1. The van der Waals surface area contributed by atoms with Crippen LogP contribution in [0.25, 0.3) is 87.2 Å². The first-order valence-electron chi connectivity index (χ1n) is 15.9. The van der Waals surface area contributed by atoms with Crippen LogP contribution in [0.2, 0.25) is 0 Å². The van der Waals surface area contributed by atoms with Gasteiger partial charge < -0.3 is 0 Å². The Kier molecular flexibility index (Phi) is 4.88. The molecule has 0 N–H and O–H groups in total.